The van der Waals surface area contributed by atoms with Crippen molar-refractivity contribution in [2.75, 3.05) is 0 Å². The SMILES string of the molecule is C[C@@H](CCC/C=C/[C@@H]1CC(=O)C[C@H]1c1ccco1)O[Si](C)(C)C(C)(C)C. The van der Waals surface area contributed by atoms with Gasteiger partial charge in [0.25, 0.3) is 0 Å². The fraction of sp³-hybridized carbons (Fsp3) is 0.682. The lowest BCUT2D eigenvalue weighted by atomic mass is 9.93. The average Bonchev–Trinajstić information content (AvgIpc) is 3.14. The van der Waals surface area contributed by atoms with E-state index in [-0.39, 0.29) is 16.9 Å². The molecule has 1 aliphatic rings. The zero-order chi connectivity index (χ0) is 19.4. The standard InChI is InChI=1S/C22H36O3Si/c1-17(25-26(5,6)22(2,3)4)11-8-7-9-12-18-15-19(23)16-20(18)21-13-10-14-24-21/h9-10,12-14,17-18,20H,7-8,11,15-16H2,1-6H3/b12-9+/t17-,18+,20+/m0/s1. The van der Waals surface area contributed by atoms with E-state index in [9.17, 15) is 4.79 Å². The highest BCUT2D eigenvalue weighted by Crippen LogP contribution is 2.39. The molecule has 26 heavy (non-hydrogen) atoms. The molecule has 0 bridgehead atoms. The van der Waals surface area contributed by atoms with Crippen molar-refractivity contribution < 1.29 is 13.6 Å². The van der Waals surface area contributed by atoms with E-state index in [4.69, 9.17) is 8.84 Å². The molecular formula is C22H36O3Si. The molecule has 2 rings (SSSR count). The third-order valence-electron chi connectivity index (χ3n) is 6.00. The van der Waals surface area contributed by atoms with Gasteiger partial charge in [-0.15, -0.1) is 0 Å². The number of allylic oxidation sites excluding steroid dienone is 2. The lowest BCUT2D eigenvalue weighted by molar-refractivity contribution is -0.117. The summed E-state index contributed by atoms with van der Waals surface area (Å²) in [6, 6.07) is 3.90. The molecule has 1 saturated carbocycles. The van der Waals surface area contributed by atoms with Crippen molar-refractivity contribution in [3.8, 4) is 0 Å². The Balaban J connectivity index is 1.76. The fourth-order valence-electron chi connectivity index (χ4n) is 3.43. The van der Waals surface area contributed by atoms with Crippen LogP contribution in [0.1, 0.15) is 71.5 Å². The Morgan fingerprint density at radius 2 is 2.08 bits per heavy atom. The van der Waals surface area contributed by atoms with Gasteiger partial charge in [0.15, 0.2) is 8.32 Å². The maximum absolute atomic E-state index is 11.9. The van der Waals surface area contributed by atoms with E-state index in [1.165, 1.54) is 0 Å². The smallest absolute Gasteiger partial charge is 0.192 e. The predicted octanol–water partition coefficient (Wildman–Crippen LogP) is 6.48. The predicted molar refractivity (Wildman–Crippen MR) is 110 cm³/mol. The molecule has 0 aliphatic heterocycles. The van der Waals surface area contributed by atoms with Crippen molar-refractivity contribution in [3.63, 3.8) is 0 Å². The lowest BCUT2D eigenvalue weighted by Crippen LogP contribution is -2.43. The molecule has 1 aromatic heterocycles. The largest absolute Gasteiger partial charge is 0.469 e. The Morgan fingerprint density at radius 1 is 1.35 bits per heavy atom. The molecule has 0 radical (unpaired) electrons. The number of hydrogen-bond donors (Lipinski definition) is 0. The van der Waals surface area contributed by atoms with Crippen LogP contribution in [0, 0.1) is 5.92 Å². The van der Waals surface area contributed by atoms with Gasteiger partial charge in [-0.25, -0.2) is 0 Å². The summed E-state index contributed by atoms with van der Waals surface area (Å²) in [5.41, 5.74) is 0. The number of unbranched alkanes of at least 4 members (excludes halogenated alkanes) is 1. The Labute approximate surface area is 160 Å². The van der Waals surface area contributed by atoms with Gasteiger partial charge in [0.1, 0.15) is 11.5 Å². The van der Waals surface area contributed by atoms with E-state index >= 15 is 0 Å². The van der Waals surface area contributed by atoms with E-state index in [0.717, 1.165) is 25.0 Å². The second-order valence-electron chi connectivity index (χ2n) is 9.28. The van der Waals surface area contributed by atoms with E-state index in [2.05, 4.69) is 52.9 Å². The molecule has 0 amide bonds. The molecule has 1 aliphatic carbocycles. The number of Topliss-reactive ketones (excluding diaryl/α,β-unsaturated/α-hetero) is 1. The minimum absolute atomic E-state index is 0.217. The highest BCUT2D eigenvalue weighted by Gasteiger charge is 2.38. The minimum Gasteiger partial charge on any atom is -0.469 e. The quantitative estimate of drug-likeness (QED) is 0.296. The van der Waals surface area contributed by atoms with Crippen LogP contribution in [0.15, 0.2) is 35.0 Å². The molecule has 3 atom stereocenters. The fourth-order valence-corrected chi connectivity index (χ4v) is 4.91. The molecule has 0 unspecified atom stereocenters. The zero-order valence-corrected chi connectivity index (χ0v) is 18.4. The van der Waals surface area contributed by atoms with Crippen molar-refractivity contribution in [2.45, 2.75) is 90.0 Å². The second kappa shape index (κ2) is 8.70. The summed E-state index contributed by atoms with van der Waals surface area (Å²) in [5.74, 6) is 1.79. The maximum atomic E-state index is 11.9. The van der Waals surface area contributed by atoms with Crippen molar-refractivity contribution >= 4 is 14.1 Å². The highest BCUT2D eigenvalue weighted by molar-refractivity contribution is 6.74. The third-order valence-corrected chi connectivity index (χ3v) is 10.6. The molecule has 0 N–H and O–H groups in total. The summed E-state index contributed by atoms with van der Waals surface area (Å²) in [5, 5.41) is 0.261. The van der Waals surface area contributed by atoms with Gasteiger partial charge in [-0.3, -0.25) is 4.79 Å². The van der Waals surface area contributed by atoms with Gasteiger partial charge in [0.05, 0.1) is 6.26 Å². The summed E-state index contributed by atoms with van der Waals surface area (Å²) in [6.45, 7) is 13.7. The molecule has 1 fully saturated rings. The van der Waals surface area contributed by atoms with E-state index in [0.29, 0.717) is 24.7 Å². The monoisotopic (exact) mass is 376 g/mol. The first kappa shape index (κ1) is 21.2. The van der Waals surface area contributed by atoms with Crippen LogP contribution in [0.4, 0.5) is 0 Å². The first-order valence-electron chi connectivity index (χ1n) is 10.00. The maximum Gasteiger partial charge on any atom is 0.192 e. The van der Waals surface area contributed by atoms with Crippen molar-refractivity contribution in [1.82, 2.24) is 0 Å². The van der Waals surface area contributed by atoms with Crippen LogP contribution in [0.25, 0.3) is 0 Å². The zero-order valence-electron chi connectivity index (χ0n) is 17.4. The van der Waals surface area contributed by atoms with Crippen LogP contribution >= 0.6 is 0 Å². The van der Waals surface area contributed by atoms with E-state index in [1.807, 2.05) is 12.1 Å². The summed E-state index contributed by atoms with van der Waals surface area (Å²) >= 11 is 0. The van der Waals surface area contributed by atoms with E-state index in [1.54, 1.807) is 6.26 Å². The Kier molecular flexibility index (Phi) is 7.09. The van der Waals surface area contributed by atoms with Gasteiger partial charge in [0, 0.05) is 24.9 Å². The molecule has 3 nitrogen and oxygen atoms in total. The number of carbonyl (C=O) groups is 1. The number of hydrogen-bond acceptors (Lipinski definition) is 3. The summed E-state index contributed by atoms with van der Waals surface area (Å²) in [4.78, 5) is 11.9. The van der Waals surface area contributed by atoms with Crippen LogP contribution in [0.5, 0.6) is 0 Å². The van der Waals surface area contributed by atoms with Crippen LogP contribution < -0.4 is 0 Å². The molecule has 146 valence electrons. The average molecular weight is 377 g/mol. The van der Waals surface area contributed by atoms with Gasteiger partial charge in [-0.05, 0) is 62.4 Å². The highest BCUT2D eigenvalue weighted by atomic mass is 28.4. The number of furan rings is 1. The van der Waals surface area contributed by atoms with Crippen LogP contribution in [-0.4, -0.2) is 20.2 Å². The number of carbonyl (C=O) groups excluding carboxylic acids is 1. The van der Waals surface area contributed by atoms with Crippen LogP contribution in [0.3, 0.4) is 0 Å². The molecule has 0 spiro atoms. The Hall–Kier alpha value is -1.13. The summed E-state index contributed by atoms with van der Waals surface area (Å²) < 4.78 is 12.0. The first-order valence-corrected chi connectivity index (χ1v) is 12.9. The van der Waals surface area contributed by atoms with Gasteiger partial charge in [-0.1, -0.05) is 32.9 Å². The topological polar surface area (TPSA) is 39.4 Å². The van der Waals surface area contributed by atoms with Gasteiger partial charge < -0.3 is 8.84 Å². The van der Waals surface area contributed by atoms with Crippen molar-refractivity contribution in [2.24, 2.45) is 5.92 Å². The molecule has 0 saturated heterocycles. The van der Waals surface area contributed by atoms with Gasteiger partial charge in [-0.2, -0.15) is 0 Å². The number of ketones is 1. The van der Waals surface area contributed by atoms with Crippen molar-refractivity contribution in [3.05, 3.63) is 36.3 Å². The first-order chi connectivity index (χ1) is 12.1. The summed E-state index contributed by atoms with van der Waals surface area (Å²) in [6.07, 6.45) is 11.0. The summed E-state index contributed by atoms with van der Waals surface area (Å²) in [7, 11) is -1.67. The Bertz CT molecular complexity index is 595. The molecule has 0 aromatic carbocycles. The van der Waals surface area contributed by atoms with E-state index < -0.39 is 8.32 Å². The number of rotatable bonds is 8. The molecule has 4 heteroatoms. The van der Waals surface area contributed by atoms with Crippen LogP contribution in [-0.2, 0) is 9.22 Å². The van der Waals surface area contributed by atoms with Crippen molar-refractivity contribution in [1.29, 1.82) is 0 Å². The van der Waals surface area contributed by atoms with Gasteiger partial charge in [0.2, 0.25) is 0 Å². The third kappa shape index (κ3) is 5.68. The van der Waals surface area contributed by atoms with Gasteiger partial charge >= 0.3 is 0 Å². The molecule has 1 heterocycles. The Morgan fingerprint density at radius 3 is 2.69 bits per heavy atom. The molecule has 1 aromatic rings. The lowest BCUT2D eigenvalue weighted by Gasteiger charge is -2.38. The molecular weight excluding hydrogens is 340 g/mol. The minimum atomic E-state index is -1.67. The second-order valence-corrected chi connectivity index (χ2v) is 14.0. The normalized spacial score (nSPS) is 23.1. The van der Waals surface area contributed by atoms with Crippen LogP contribution in [0.2, 0.25) is 18.1 Å².